The summed E-state index contributed by atoms with van der Waals surface area (Å²) in [6, 6.07) is 18.8. The molecule has 1 atom stereocenters. The van der Waals surface area contributed by atoms with Crippen molar-refractivity contribution in [1.82, 2.24) is 10.6 Å². The summed E-state index contributed by atoms with van der Waals surface area (Å²) in [6.45, 7) is 3.27. The van der Waals surface area contributed by atoms with Crippen LogP contribution in [0.5, 0.6) is 0 Å². The number of carboxylic acids is 1. The van der Waals surface area contributed by atoms with Crippen molar-refractivity contribution in [1.29, 1.82) is 0 Å². The van der Waals surface area contributed by atoms with Gasteiger partial charge in [0.1, 0.15) is 0 Å². The number of nitrogens with one attached hydrogen (secondary N) is 2. The van der Waals surface area contributed by atoms with Crippen LogP contribution in [0.25, 0.3) is 11.1 Å². The van der Waals surface area contributed by atoms with Gasteiger partial charge in [0, 0.05) is 19.5 Å². The number of benzene rings is 3. The number of rotatable bonds is 13. The van der Waals surface area contributed by atoms with Gasteiger partial charge >= 0.3 is 5.97 Å². The number of primary sulfonamides is 1. The van der Waals surface area contributed by atoms with Crippen LogP contribution in [0.4, 0.5) is 0 Å². The van der Waals surface area contributed by atoms with E-state index >= 15 is 0 Å². The van der Waals surface area contributed by atoms with Gasteiger partial charge in [0.2, 0.25) is 15.9 Å². The van der Waals surface area contributed by atoms with Crippen LogP contribution in [-0.2, 0) is 21.2 Å². The van der Waals surface area contributed by atoms with Crippen molar-refractivity contribution in [3.05, 3.63) is 89.0 Å². The van der Waals surface area contributed by atoms with E-state index in [9.17, 15) is 23.1 Å². The van der Waals surface area contributed by atoms with Crippen molar-refractivity contribution in [2.45, 2.75) is 37.2 Å². The lowest BCUT2D eigenvalue weighted by molar-refractivity contribution is -0.120. The fourth-order valence-electron chi connectivity index (χ4n) is 4.03. The smallest absolute Gasteiger partial charge is 0.335 e. The predicted octanol–water partition coefficient (Wildman–Crippen LogP) is 2.77. The number of nitrogens with two attached hydrogens (primary N) is 1. The summed E-state index contributed by atoms with van der Waals surface area (Å²) in [7, 11) is -3.77. The highest BCUT2D eigenvalue weighted by atomic mass is 32.2. The van der Waals surface area contributed by atoms with E-state index in [0.717, 1.165) is 27.8 Å². The average Bonchev–Trinajstić information content (AvgIpc) is 2.88. The molecule has 0 spiro atoms. The van der Waals surface area contributed by atoms with E-state index in [2.05, 4.69) is 10.6 Å². The van der Waals surface area contributed by atoms with Gasteiger partial charge in [0.25, 0.3) is 0 Å². The third kappa shape index (κ3) is 8.49. The topological polar surface area (TPSA) is 159 Å². The number of aryl methyl sites for hydroxylation is 1. The van der Waals surface area contributed by atoms with Crippen molar-refractivity contribution >= 4 is 21.9 Å². The van der Waals surface area contributed by atoms with Crippen LogP contribution in [0.15, 0.2) is 71.6 Å². The average molecular weight is 540 g/mol. The number of sulfonamides is 1. The zero-order chi connectivity index (χ0) is 27.7. The first-order valence-electron chi connectivity index (χ1n) is 12.3. The van der Waals surface area contributed by atoms with Gasteiger partial charge in [-0.2, -0.15) is 0 Å². The van der Waals surface area contributed by atoms with Crippen molar-refractivity contribution in [3.8, 4) is 11.1 Å². The third-order valence-electron chi connectivity index (χ3n) is 6.17. The molecule has 0 fully saturated rings. The number of aliphatic hydroxyl groups excluding tert-OH is 1. The maximum Gasteiger partial charge on any atom is 0.335 e. The van der Waals surface area contributed by atoms with Crippen LogP contribution in [-0.4, -0.2) is 50.1 Å². The van der Waals surface area contributed by atoms with Crippen LogP contribution >= 0.6 is 0 Å². The molecule has 1 unspecified atom stereocenters. The van der Waals surface area contributed by atoms with Crippen LogP contribution in [0.1, 0.15) is 46.0 Å². The monoisotopic (exact) mass is 539 g/mol. The first-order chi connectivity index (χ1) is 18.0. The highest BCUT2D eigenvalue weighted by Crippen LogP contribution is 2.28. The largest absolute Gasteiger partial charge is 0.478 e. The van der Waals surface area contributed by atoms with E-state index in [4.69, 9.17) is 10.2 Å². The molecule has 0 aliphatic heterocycles. The van der Waals surface area contributed by atoms with Crippen LogP contribution < -0.4 is 15.8 Å². The number of hydrogen-bond acceptors (Lipinski definition) is 6. The number of amides is 1. The van der Waals surface area contributed by atoms with Crippen LogP contribution in [0.2, 0.25) is 0 Å². The Hall–Kier alpha value is -3.57. The van der Waals surface area contributed by atoms with Gasteiger partial charge in [-0.15, -0.1) is 0 Å². The molecular weight excluding hydrogens is 506 g/mol. The molecule has 0 radical (unpaired) electrons. The van der Waals surface area contributed by atoms with Gasteiger partial charge < -0.3 is 20.8 Å². The van der Waals surface area contributed by atoms with E-state index in [0.29, 0.717) is 38.9 Å². The summed E-state index contributed by atoms with van der Waals surface area (Å²) in [6.07, 6.45) is 0.672. The van der Waals surface area contributed by atoms with Gasteiger partial charge in [0.15, 0.2) is 0 Å². The minimum Gasteiger partial charge on any atom is -0.478 e. The fourth-order valence-corrected chi connectivity index (χ4v) is 4.63. The Kier molecular flexibility index (Phi) is 10.1. The van der Waals surface area contributed by atoms with E-state index < -0.39 is 22.1 Å². The van der Waals surface area contributed by atoms with Gasteiger partial charge in [-0.1, -0.05) is 36.4 Å². The molecule has 9 nitrogen and oxygen atoms in total. The van der Waals surface area contributed by atoms with Gasteiger partial charge in [-0.25, -0.2) is 18.4 Å². The van der Waals surface area contributed by atoms with Crippen molar-refractivity contribution in [3.63, 3.8) is 0 Å². The number of aromatic carboxylic acids is 1. The molecular formula is C28H33N3O6S. The number of carbonyl (C=O) groups is 2. The highest BCUT2D eigenvalue weighted by molar-refractivity contribution is 7.89. The fraction of sp³-hybridized carbons (Fsp3) is 0.286. The van der Waals surface area contributed by atoms with Crippen molar-refractivity contribution in [2.75, 3.05) is 19.6 Å². The molecule has 6 N–H and O–H groups in total. The van der Waals surface area contributed by atoms with E-state index in [1.54, 1.807) is 30.3 Å². The lowest BCUT2D eigenvalue weighted by atomic mass is 9.96. The van der Waals surface area contributed by atoms with Crippen LogP contribution in [0, 0.1) is 6.92 Å². The quantitative estimate of drug-likeness (QED) is 0.209. The summed E-state index contributed by atoms with van der Waals surface area (Å²) in [5, 5.41) is 30.8. The molecule has 3 aromatic carbocycles. The zero-order valence-electron chi connectivity index (χ0n) is 21.2. The van der Waals surface area contributed by atoms with E-state index in [1.165, 1.54) is 12.1 Å². The van der Waals surface area contributed by atoms with E-state index in [1.807, 2.05) is 31.2 Å². The molecule has 0 bridgehead atoms. The molecule has 3 aromatic rings. The van der Waals surface area contributed by atoms with Gasteiger partial charge in [-0.05, 0) is 84.5 Å². The first kappa shape index (κ1) is 29.0. The molecule has 1 amide bonds. The Labute approximate surface area is 222 Å². The Bertz CT molecular complexity index is 1370. The normalized spacial score (nSPS) is 12.2. The van der Waals surface area contributed by atoms with Gasteiger partial charge in [0.05, 0.1) is 16.6 Å². The second-order valence-corrected chi connectivity index (χ2v) is 10.6. The standard InChI is InChI=1S/C28H33N3O6S/c1-19-17-24(38(29,36)37)9-10-25(19)22-3-2-4-23(18-22)26(32)12-14-30-15-13-27(33)31-16-11-20-5-7-21(8-6-20)28(34)35/h2-10,17-18,26,30,32H,11-16H2,1H3,(H,31,33)(H,34,35)(H2,29,36,37). The van der Waals surface area contributed by atoms with E-state index in [-0.39, 0.29) is 16.4 Å². The molecule has 38 heavy (non-hydrogen) atoms. The Balaban J connectivity index is 1.39. The van der Waals surface area contributed by atoms with Crippen molar-refractivity contribution in [2.24, 2.45) is 5.14 Å². The molecule has 0 saturated carbocycles. The molecule has 0 aliphatic rings. The summed E-state index contributed by atoms with van der Waals surface area (Å²) in [5.74, 6) is -1.06. The minimum atomic E-state index is -3.77. The molecule has 202 valence electrons. The summed E-state index contributed by atoms with van der Waals surface area (Å²) in [5.41, 5.74) is 4.40. The molecule has 10 heteroatoms. The molecule has 0 saturated heterocycles. The third-order valence-corrected chi connectivity index (χ3v) is 7.08. The number of carbonyl (C=O) groups excluding carboxylic acids is 1. The van der Waals surface area contributed by atoms with Gasteiger partial charge in [-0.3, -0.25) is 4.79 Å². The SMILES string of the molecule is Cc1cc(S(N)(=O)=O)ccc1-c1cccc(C(O)CCNCCC(=O)NCCc2ccc(C(=O)O)cc2)c1. The highest BCUT2D eigenvalue weighted by Gasteiger charge is 2.13. The van der Waals surface area contributed by atoms with Crippen molar-refractivity contribution < 1.29 is 28.2 Å². The lowest BCUT2D eigenvalue weighted by Crippen LogP contribution is -2.29. The molecule has 3 rings (SSSR count). The predicted molar refractivity (Wildman–Crippen MR) is 145 cm³/mol. The zero-order valence-corrected chi connectivity index (χ0v) is 22.0. The number of aliphatic hydroxyl groups is 1. The second-order valence-electron chi connectivity index (χ2n) is 9.05. The second kappa shape index (κ2) is 13.3. The maximum atomic E-state index is 12.1. The summed E-state index contributed by atoms with van der Waals surface area (Å²) < 4.78 is 23.2. The first-order valence-corrected chi connectivity index (χ1v) is 13.8. The number of carboxylic acid groups (broad SMARTS) is 1. The Morgan fingerprint density at radius 2 is 1.71 bits per heavy atom. The van der Waals surface area contributed by atoms with Crippen LogP contribution in [0.3, 0.4) is 0 Å². The number of hydrogen-bond donors (Lipinski definition) is 5. The summed E-state index contributed by atoms with van der Waals surface area (Å²) in [4.78, 5) is 23.0. The molecule has 0 aliphatic carbocycles. The maximum absolute atomic E-state index is 12.1. The lowest BCUT2D eigenvalue weighted by Gasteiger charge is -2.14. The Morgan fingerprint density at radius 1 is 0.974 bits per heavy atom. The molecule has 0 aromatic heterocycles. The summed E-state index contributed by atoms with van der Waals surface area (Å²) >= 11 is 0. The Morgan fingerprint density at radius 3 is 2.37 bits per heavy atom. The minimum absolute atomic E-state index is 0.0574. The molecule has 0 heterocycles.